The van der Waals surface area contributed by atoms with Crippen molar-refractivity contribution in [3.8, 4) is 0 Å². The average Bonchev–Trinajstić information content (AvgIpc) is 3.17. The molecule has 1 aliphatic rings. The minimum Gasteiger partial charge on any atom is -0.431 e. The molecular formula is C21H24N6O2. The number of fused-ring (bicyclic) bond motifs is 1. The second kappa shape index (κ2) is 7.20. The van der Waals surface area contributed by atoms with E-state index in [4.69, 9.17) is 10.2 Å². The smallest absolute Gasteiger partial charge is 0.298 e. The van der Waals surface area contributed by atoms with Crippen LogP contribution in [0.5, 0.6) is 0 Å². The normalized spacial score (nSPS) is 13.8. The van der Waals surface area contributed by atoms with Crippen LogP contribution in [-0.4, -0.2) is 27.4 Å². The fourth-order valence-electron chi connectivity index (χ4n) is 3.27. The van der Waals surface area contributed by atoms with Crippen LogP contribution in [0.3, 0.4) is 0 Å². The first kappa shape index (κ1) is 18.9. The number of nitrogens with two attached hydrogens (primary N) is 1. The van der Waals surface area contributed by atoms with Crippen molar-refractivity contribution < 1.29 is 9.21 Å². The molecule has 150 valence electrons. The zero-order valence-electron chi connectivity index (χ0n) is 16.8. The number of aromatic nitrogens is 3. The van der Waals surface area contributed by atoms with Crippen molar-refractivity contribution in [2.45, 2.75) is 39.2 Å². The first-order valence-electron chi connectivity index (χ1n) is 9.52. The molecule has 1 aromatic carbocycles. The monoisotopic (exact) mass is 392 g/mol. The Morgan fingerprint density at radius 1 is 1.28 bits per heavy atom. The molecule has 0 unspecified atom stereocenters. The summed E-state index contributed by atoms with van der Waals surface area (Å²) in [6.45, 7) is 7.64. The first-order chi connectivity index (χ1) is 13.8. The topological polar surface area (TPSA) is 110 Å². The van der Waals surface area contributed by atoms with Gasteiger partial charge in [-0.05, 0) is 23.1 Å². The molecule has 8 nitrogen and oxygen atoms in total. The van der Waals surface area contributed by atoms with Gasteiger partial charge in [0, 0.05) is 30.4 Å². The summed E-state index contributed by atoms with van der Waals surface area (Å²) in [5, 5.41) is 2.89. The maximum absolute atomic E-state index is 12.6. The van der Waals surface area contributed by atoms with Gasteiger partial charge in [-0.2, -0.15) is 4.98 Å². The summed E-state index contributed by atoms with van der Waals surface area (Å²) in [7, 11) is 0. The Balaban J connectivity index is 1.47. The second-order valence-electron chi connectivity index (χ2n) is 8.17. The lowest BCUT2D eigenvalue weighted by atomic mass is 9.87. The van der Waals surface area contributed by atoms with Crippen molar-refractivity contribution in [2.75, 3.05) is 22.5 Å². The molecule has 3 heterocycles. The van der Waals surface area contributed by atoms with Crippen LogP contribution in [0, 0.1) is 0 Å². The van der Waals surface area contributed by atoms with Gasteiger partial charge < -0.3 is 20.4 Å². The fraction of sp³-hybridized carbons (Fsp3) is 0.333. The van der Waals surface area contributed by atoms with Crippen molar-refractivity contribution in [2.24, 2.45) is 0 Å². The lowest BCUT2D eigenvalue weighted by Crippen LogP contribution is -2.31. The van der Waals surface area contributed by atoms with E-state index >= 15 is 0 Å². The average molecular weight is 392 g/mol. The van der Waals surface area contributed by atoms with Crippen LogP contribution < -0.4 is 16.0 Å². The predicted octanol–water partition coefficient (Wildman–Crippen LogP) is 3.16. The zero-order chi connectivity index (χ0) is 20.6. The number of rotatable bonds is 3. The van der Waals surface area contributed by atoms with E-state index < -0.39 is 0 Å². The third-order valence-corrected chi connectivity index (χ3v) is 4.93. The number of benzene rings is 1. The Hall–Kier alpha value is -3.42. The van der Waals surface area contributed by atoms with Gasteiger partial charge in [0.05, 0.1) is 12.2 Å². The summed E-state index contributed by atoms with van der Waals surface area (Å²) in [6.07, 6.45) is 3.82. The van der Waals surface area contributed by atoms with Crippen LogP contribution in [0.25, 0.3) is 0 Å². The molecule has 1 aliphatic heterocycles. The first-order valence-corrected chi connectivity index (χ1v) is 9.52. The molecule has 3 N–H and O–H groups in total. The van der Waals surface area contributed by atoms with Gasteiger partial charge in [0.2, 0.25) is 5.95 Å². The minimum absolute atomic E-state index is 0.000725. The highest BCUT2D eigenvalue weighted by Gasteiger charge is 2.23. The Kier molecular flexibility index (Phi) is 4.70. The molecule has 0 spiro atoms. The number of nitrogen functional groups attached to an aromatic ring is 1. The standard InChI is InChI=1S/C21H24N6O2/c1-21(2,3)14-5-4-6-15(9-14)24-18(28)17-12-29-20(26-17)27-8-7-16-13(11-27)10-23-19(22)25-16/h4-6,9-10,12H,7-8,11H2,1-3H3,(H,24,28)(H2,22,23,25). The van der Waals surface area contributed by atoms with Crippen LogP contribution in [0.4, 0.5) is 17.7 Å². The highest BCUT2D eigenvalue weighted by Crippen LogP contribution is 2.26. The lowest BCUT2D eigenvalue weighted by molar-refractivity contribution is 0.102. The summed E-state index contributed by atoms with van der Waals surface area (Å²) >= 11 is 0. The summed E-state index contributed by atoms with van der Waals surface area (Å²) in [4.78, 5) is 27.3. The molecule has 0 saturated carbocycles. The highest BCUT2D eigenvalue weighted by atomic mass is 16.4. The van der Waals surface area contributed by atoms with E-state index in [0.29, 0.717) is 25.5 Å². The van der Waals surface area contributed by atoms with Gasteiger partial charge >= 0.3 is 0 Å². The Morgan fingerprint density at radius 3 is 2.90 bits per heavy atom. The number of nitrogens with one attached hydrogen (secondary N) is 1. The number of amides is 1. The number of nitrogens with zero attached hydrogens (tertiary/aromatic N) is 4. The molecule has 4 rings (SSSR count). The molecule has 0 saturated heterocycles. The number of oxazole rings is 1. The molecule has 0 bridgehead atoms. The van der Waals surface area contributed by atoms with Crippen molar-refractivity contribution >= 4 is 23.6 Å². The van der Waals surface area contributed by atoms with Gasteiger partial charge in [0.1, 0.15) is 6.26 Å². The van der Waals surface area contributed by atoms with Crippen LogP contribution in [-0.2, 0) is 18.4 Å². The summed E-state index contributed by atoms with van der Waals surface area (Å²) in [5.41, 5.74) is 9.68. The number of hydrogen-bond acceptors (Lipinski definition) is 7. The molecular weight excluding hydrogens is 368 g/mol. The molecule has 8 heteroatoms. The van der Waals surface area contributed by atoms with Crippen molar-refractivity contribution in [1.82, 2.24) is 15.0 Å². The van der Waals surface area contributed by atoms with E-state index in [1.54, 1.807) is 6.20 Å². The second-order valence-corrected chi connectivity index (χ2v) is 8.17. The molecule has 0 aliphatic carbocycles. The summed E-state index contributed by atoms with van der Waals surface area (Å²) in [5.74, 6) is -0.0256. The van der Waals surface area contributed by atoms with E-state index in [1.807, 2.05) is 23.1 Å². The van der Waals surface area contributed by atoms with E-state index in [0.717, 1.165) is 22.5 Å². The van der Waals surface area contributed by atoms with Gasteiger partial charge in [-0.3, -0.25) is 4.79 Å². The van der Waals surface area contributed by atoms with E-state index in [2.05, 4.69) is 47.1 Å². The van der Waals surface area contributed by atoms with E-state index in [-0.39, 0.29) is 23.0 Å². The van der Waals surface area contributed by atoms with Crippen molar-refractivity contribution in [3.05, 3.63) is 59.2 Å². The van der Waals surface area contributed by atoms with E-state index in [1.165, 1.54) is 6.26 Å². The van der Waals surface area contributed by atoms with Gasteiger partial charge in [0.15, 0.2) is 5.69 Å². The Labute approximate surface area is 169 Å². The third kappa shape index (κ3) is 4.06. The molecule has 29 heavy (non-hydrogen) atoms. The fourth-order valence-corrected chi connectivity index (χ4v) is 3.27. The largest absolute Gasteiger partial charge is 0.431 e. The lowest BCUT2D eigenvalue weighted by Gasteiger charge is -2.26. The SMILES string of the molecule is CC(C)(C)c1cccc(NC(=O)c2coc(N3CCc4nc(N)ncc4C3)n2)c1. The minimum atomic E-state index is -0.306. The molecule has 2 aromatic heterocycles. The van der Waals surface area contributed by atoms with Crippen LogP contribution in [0.15, 0.2) is 41.1 Å². The quantitative estimate of drug-likeness (QED) is 0.704. The van der Waals surface area contributed by atoms with Gasteiger partial charge in [-0.15, -0.1) is 0 Å². The van der Waals surface area contributed by atoms with Crippen molar-refractivity contribution in [1.29, 1.82) is 0 Å². The number of carbonyl (C=O) groups excluding carboxylic acids is 1. The molecule has 3 aromatic rings. The number of anilines is 3. The maximum Gasteiger partial charge on any atom is 0.298 e. The van der Waals surface area contributed by atoms with Gasteiger partial charge in [-0.25, -0.2) is 9.97 Å². The van der Waals surface area contributed by atoms with Crippen LogP contribution in [0.1, 0.15) is 48.1 Å². The highest BCUT2D eigenvalue weighted by molar-refractivity contribution is 6.02. The summed E-state index contributed by atoms with van der Waals surface area (Å²) in [6, 6.07) is 8.23. The van der Waals surface area contributed by atoms with Crippen LogP contribution >= 0.6 is 0 Å². The van der Waals surface area contributed by atoms with Crippen LogP contribution in [0.2, 0.25) is 0 Å². The van der Waals surface area contributed by atoms with Crippen molar-refractivity contribution in [3.63, 3.8) is 0 Å². The zero-order valence-corrected chi connectivity index (χ0v) is 16.8. The predicted molar refractivity (Wildman–Crippen MR) is 111 cm³/mol. The number of hydrogen-bond donors (Lipinski definition) is 2. The summed E-state index contributed by atoms with van der Waals surface area (Å²) < 4.78 is 5.57. The third-order valence-electron chi connectivity index (χ3n) is 4.93. The molecule has 0 atom stereocenters. The maximum atomic E-state index is 12.6. The van der Waals surface area contributed by atoms with Gasteiger partial charge in [-0.1, -0.05) is 32.9 Å². The Bertz CT molecular complexity index is 1050. The van der Waals surface area contributed by atoms with Gasteiger partial charge in [0.25, 0.3) is 11.9 Å². The number of carbonyl (C=O) groups is 1. The molecule has 0 radical (unpaired) electrons. The Morgan fingerprint density at radius 2 is 2.10 bits per heavy atom. The molecule has 1 amide bonds. The molecule has 0 fully saturated rings. The van der Waals surface area contributed by atoms with E-state index in [9.17, 15) is 4.79 Å².